The molecular formula is C15H22N2O2. The minimum atomic E-state index is -0.769. The number of aliphatic carboxylic acids is 1. The number of carboxylic acids is 1. The molecule has 0 fully saturated rings. The third-order valence-electron chi connectivity index (χ3n) is 3.61. The number of rotatable bonds is 6. The smallest absolute Gasteiger partial charge is 0.320 e. The monoisotopic (exact) mass is 262 g/mol. The lowest BCUT2D eigenvalue weighted by molar-refractivity contribution is -0.139. The summed E-state index contributed by atoms with van der Waals surface area (Å²) in [7, 11) is 0. The summed E-state index contributed by atoms with van der Waals surface area (Å²) in [5.41, 5.74) is 3.87. The highest BCUT2D eigenvalue weighted by atomic mass is 16.4. The number of hydrogen-bond donors (Lipinski definition) is 3. The van der Waals surface area contributed by atoms with E-state index in [-0.39, 0.29) is 0 Å². The van der Waals surface area contributed by atoms with Crippen LogP contribution in [0.1, 0.15) is 31.4 Å². The molecule has 2 rings (SSSR count). The lowest BCUT2D eigenvalue weighted by Gasteiger charge is -2.12. The van der Waals surface area contributed by atoms with Gasteiger partial charge in [-0.1, -0.05) is 19.1 Å². The maximum atomic E-state index is 10.9. The SMILES string of the molecule is CCC(NCCc1ccc2c(c1)CC(C)N2)C(=O)O. The van der Waals surface area contributed by atoms with Crippen LogP contribution in [0.25, 0.3) is 0 Å². The van der Waals surface area contributed by atoms with E-state index in [2.05, 4.69) is 35.8 Å². The van der Waals surface area contributed by atoms with E-state index in [1.54, 1.807) is 0 Å². The van der Waals surface area contributed by atoms with Crippen LogP contribution in [-0.2, 0) is 17.6 Å². The van der Waals surface area contributed by atoms with E-state index >= 15 is 0 Å². The molecule has 1 aliphatic heterocycles. The van der Waals surface area contributed by atoms with Crippen LogP contribution in [0.3, 0.4) is 0 Å². The summed E-state index contributed by atoms with van der Waals surface area (Å²) in [6.07, 6.45) is 2.55. The Morgan fingerprint density at radius 1 is 1.58 bits per heavy atom. The van der Waals surface area contributed by atoms with Crippen LogP contribution in [0.2, 0.25) is 0 Å². The van der Waals surface area contributed by atoms with E-state index in [9.17, 15) is 4.79 Å². The van der Waals surface area contributed by atoms with Gasteiger partial charge in [0.05, 0.1) is 0 Å². The van der Waals surface area contributed by atoms with E-state index < -0.39 is 12.0 Å². The van der Waals surface area contributed by atoms with Gasteiger partial charge in [0, 0.05) is 11.7 Å². The van der Waals surface area contributed by atoms with Gasteiger partial charge in [0.2, 0.25) is 0 Å². The first kappa shape index (κ1) is 13.9. The van der Waals surface area contributed by atoms with Gasteiger partial charge in [-0.05, 0) is 49.9 Å². The van der Waals surface area contributed by atoms with Gasteiger partial charge in [-0.25, -0.2) is 0 Å². The predicted octanol–water partition coefficient (Wildman–Crippen LogP) is 2.04. The van der Waals surface area contributed by atoms with Gasteiger partial charge in [0.25, 0.3) is 0 Å². The van der Waals surface area contributed by atoms with Crippen molar-refractivity contribution in [2.45, 2.75) is 45.2 Å². The summed E-state index contributed by atoms with van der Waals surface area (Å²) < 4.78 is 0. The van der Waals surface area contributed by atoms with Gasteiger partial charge >= 0.3 is 5.97 Å². The topological polar surface area (TPSA) is 61.4 Å². The molecule has 4 heteroatoms. The number of nitrogens with one attached hydrogen (secondary N) is 2. The Morgan fingerprint density at radius 3 is 3.05 bits per heavy atom. The third-order valence-corrected chi connectivity index (χ3v) is 3.61. The fourth-order valence-electron chi connectivity index (χ4n) is 2.56. The normalized spacial score (nSPS) is 18.7. The molecule has 4 nitrogen and oxygen atoms in total. The van der Waals surface area contributed by atoms with Gasteiger partial charge in [0.1, 0.15) is 6.04 Å². The van der Waals surface area contributed by atoms with Crippen molar-refractivity contribution < 1.29 is 9.90 Å². The quantitative estimate of drug-likeness (QED) is 0.734. The lowest BCUT2D eigenvalue weighted by atomic mass is 10.0. The van der Waals surface area contributed by atoms with Crippen molar-refractivity contribution in [2.75, 3.05) is 11.9 Å². The molecule has 19 heavy (non-hydrogen) atoms. The Labute approximate surface area is 114 Å². The standard InChI is InChI=1S/C15H22N2O2/c1-3-13(15(18)19)16-7-6-11-4-5-14-12(9-11)8-10(2)17-14/h4-5,9-10,13,16-17H,3,6-8H2,1-2H3,(H,18,19). The molecular weight excluding hydrogens is 240 g/mol. The Balaban J connectivity index is 1.87. The molecule has 0 aliphatic carbocycles. The molecule has 0 saturated heterocycles. The first-order valence-corrected chi connectivity index (χ1v) is 6.94. The molecule has 0 amide bonds. The number of benzene rings is 1. The number of carboxylic acid groups (broad SMARTS) is 1. The van der Waals surface area contributed by atoms with Crippen LogP contribution in [0, 0.1) is 0 Å². The largest absolute Gasteiger partial charge is 0.480 e. The number of carbonyl (C=O) groups is 1. The van der Waals surface area contributed by atoms with Gasteiger partial charge in [-0.15, -0.1) is 0 Å². The van der Waals surface area contributed by atoms with Crippen LogP contribution >= 0.6 is 0 Å². The molecule has 0 aromatic heterocycles. The second-order valence-electron chi connectivity index (χ2n) is 5.24. The Hall–Kier alpha value is -1.55. The molecule has 2 atom stereocenters. The number of fused-ring (bicyclic) bond motifs is 1. The van der Waals surface area contributed by atoms with E-state index in [4.69, 9.17) is 5.11 Å². The van der Waals surface area contributed by atoms with Crippen molar-refractivity contribution in [1.29, 1.82) is 0 Å². The highest BCUT2D eigenvalue weighted by molar-refractivity contribution is 5.73. The summed E-state index contributed by atoms with van der Waals surface area (Å²) in [5, 5.41) is 15.5. The summed E-state index contributed by atoms with van der Waals surface area (Å²) in [5.74, 6) is -0.769. The van der Waals surface area contributed by atoms with Crippen molar-refractivity contribution >= 4 is 11.7 Å². The van der Waals surface area contributed by atoms with E-state index in [0.717, 1.165) is 12.8 Å². The third kappa shape index (κ3) is 3.47. The molecule has 2 unspecified atom stereocenters. The molecule has 1 heterocycles. The number of hydrogen-bond acceptors (Lipinski definition) is 3. The highest BCUT2D eigenvalue weighted by Gasteiger charge is 2.17. The first-order chi connectivity index (χ1) is 9.10. The average Bonchev–Trinajstić information content (AvgIpc) is 2.73. The summed E-state index contributed by atoms with van der Waals surface area (Å²) in [6, 6.07) is 6.56. The molecule has 0 radical (unpaired) electrons. The fraction of sp³-hybridized carbons (Fsp3) is 0.533. The minimum absolute atomic E-state index is 0.434. The Morgan fingerprint density at radius 2 is 2.37 bits per heavy atom. The minimum Gasteiger partial charge on any atom is -0.480 e. The summed E-state index contributed by atoms with van der Waals surface area (Å²) in [6.45, 7) is 4.76. The van der Waals surface area contributed by atoms with Crippen LogP contribution < -0.4 is 10.6 Å². The second-order valence-corrected chi connectivity index (χ2v) is 5.24. The lowest BCUT2D eigenvalue weighted by Crippen LogP contribution is -2.37. The molecule has 0 saturated carbocycles. The van der Waals surface area contributed by atoms with Crippen molar-refractivity contribution in [2.24, 2.45) is 0 Å². The summed E-state index contributed by atoms with van der Waals surface area (Å²) in [4.78, 5) is 10.9. The van der Waals surface area contributed by atoms with E-state index in [1.807, 2.05) is 6.92 Å². The zero-order valence-electron chi connectivity index (χ0n) is 11.6. The van der Waals surface area contributed by atoms with Crippen LogP contribution in [0.15, 0.2) is 18.2 Å². The van der Waals surface area contributed by atoms with Gasteiger partial charge < -0.3 is 15.7 Å². The molecule has 104 valence electrons. The maximum Gasteiger partial charge on any atom is 0.320 e. The molecule has 0 spiro atoms. The van der Waals surface area contributed by atoms with Crippen molar-refractivity contribution in [3.05, 3.63) is 29.3 Å². The van der Waals surface area contributed by atoms with Gasteiger partial charge in [0.15, 0.2) is 0 Å². The fourth-order valence-corrected chi connectivity index (χ4v) is 2.56. The van der Waals surface area contributed by atoms with E-state index in [1.165, 1.54) is 16.8 Å². The maximum absolute atomic E-state index is 10.9. The molecule has 1 aliphatic rings. The highest BCUT2D eigenvalue weighted by Crippen LogP contribution is 2.26. The number of anilines is 1. The molecule has 1 aromatic rings. The molecule has 3 N–H and O–H groups in total. The predicted molar refractivity (Wildman–Crippen MR) is 76.7 cm³/mol. The van der Waals surface area contributed by atoms with Crippen LogP contribution in [0.4, 0.5) is 5.69 Å². The van der Waals surface area contributed by atoms with Crippen molar-refractivity contribution in [1.82, 2.24) is 5.32 Å². The summed E-state index contributed by atoms with van der Waals surface area (Å²) >= 11 is 0. The van der Waals surface area contributed by atoms with Crippen molar-refractivity contribution in [3.63, 3.8) is 0 Å². The van der Waals surface area contributed by atoms with Crippen LogP contribution in [0.5, 0.6) is 0 Å². The van der Waals surface area contributed by atoms with Crippen molar-refractivity contribution in [3.8, 4) is 0 Å². The Kier molecular flexibility index (Phi) is 4.43. The second kappa shape index (κ2) is 6.06. The van der Waals surface area contributed by atoms with E-state index in [0.29, 0.717) is 19.0 Å². The van der Waals surface area contributed by atoms with Crippen LogP contribution in [-0.4, -0.2) is 29.7 Å². The van der Waals surface area contributed by atoms with Gasteiger partial charge in [-0.2, -0.15) is 0 Å². The molecule has 0 bridgehead atoms. The zero-order chi connectivity index (χ0) is 13.8. The zero-order valence-corrected chi connectivity index (χ0v) is 11.6. The molecule has 1 aromatic carbocycles. The average molecular weight is 262 g/mol. The Bertz CT molecular complexity index is 459. The first-order valence-electron chi connectivity index (χ1n) is 6.94. The van der Waals surface area contributed by atoms with Gasteiger partial charge in [-0.3, -0.25) is 4.79 Å².